The maximum Gasteiger partial charge on any atom is 0.248 e. The Balaban J connectivity index is 1.73. The van der Waals surface area contributed by atoms with Gasteiger partial charge in [0.15, 0.2) is 0 Å². The number of hydrogen-bond acceptors (Lipinski definition) is 4. The first-order valence-electron chi connectivity index (χ1n) is 9.30. The van der Waals surface area contributed by atoms with E-state index in [1.165, 1.54) is 4.90 Å². The van der Waals surface area contributed by atoms with E-state index in [1.54, 1.807) is 6.20 Å². The molecule has 6 heteroatoms. The minimum Gasteiger partial charge on any atom is -0.347 e. The lowest BCUT2D eigenvalue weighted by Crippen LogP contribution is -2.55. The predicted molar refractivity (Wildman–Crippen MR) is 106 cm³/mol. The van der Waals surface area contributed by atoms with Crippen molar-refractivity contribution >= 4 is 17.7 Å². The summed E-state index contributed by atoms with van der Waals surface area (Å²) in [6, 6.07) is 10.3. The van der Waals surface area contributed by atoms with Crippen LogP contribution in [0, 0.1) is 0 Å². The Morgan fingerprint density at radius 3 is 2.50 bits per heavy atom. The Labute approximate surface area is 159 Å². The van der Waals surface area contributed by atoms with Crippen LogP contribution in [-0.2, 0) is 10.3 Å². The third-order valence-electron chi connectivity index (χ3n) is 4.90. The molecule has 1 amide bonds. The molecular weight excluding hydrogens is 344 g/mol. The summed E-state index contributed by atoms with van der Waals surface area (Å²) < 4.78 is 1.83. The van der Waals surface area contributed by atoms with Crippen molar-refractivity contribution in [2.24, 2.45) is 0 Å². The number of nitrogens with zero attached hydrogens (tertiary/aromatic N) is 2. The quantitative estimate of drug-likeness (QED) is 0.764. The summed E-state index contributed by atoms with van der Waals surface area (Å²) >= 11 is 1.85. The first-order valence-corrected chi connectivity index (χ1v) is 10.2. The SMILES string of the molecule is CC(C)Sc1ccc(C(C)NC(=O)C2(n3cccn3)CCNCC2)cc1. The molecule has 1 unspecified atom stereocenters. The molecule has 0 saturated carbocycles. The van der Waals surface area contributed by atoms with Gasteiger partial charge in [-0.25, -0.2) is 0 Å². The van der Waals surface area contributed by atoms with Crippen molar-refractivity contribution in [2.75, 3.05) is 13.1 Å². The lowest BCUT2D eigenvalue weighted by molar-refractivity contribution is -0.132. The van der Waals surface area contributed by atoms with Crippen molar-refractivity contribution in [3.63, 3.8) is 0 Å². The first kappa shape index (κ1) is 19.0. The van der Waals surface area contributed by atoms with Gasteiger partial charge in [-0.05, 0) is 56.6 Å². The molecule has 1 fully saturated rings. The molecule has 0 bridgehead atoms. The highest BCUT2D eigenvalue weighted by atomic mass is 32.2. The molecular formula is C20H28N4OS. The number of amides is 1. The van der Waals surface area contributed by atoms with E-state index in [0.29, 0.717) is 5.25 Å². The number of carbonyl (C=O) groups is 1. The summed E-state index contributed by atoms with van der Waals surface area (Å²) in [6.07, 6.45) is 5.13. The second-order valence-corrected chi connectivity index (χ2v) is 8.81. The van der Waals surface area contributed by atoms with E-state index in [0.717, 1.165) is 31.5 Å². The molecule has 2 heterocycles. The third-order valence-corrected chi connectivity index (χ3v) is 5.91. The van der Waals surface area contributed by atoms with Gasteiger partial charge in [-0.15, -0.1) is 11.8 Å². The topological polar surface area (TPSA) is 59.0 Å². The number of thioether (sulfide) groups is 1. The Kier molecular flexibility index (Phi) is 6.04. The van der Waals surface area contributed by atoms with Gasteiger partial charge in [0.05, 0.1) is 6.04 Å². The fraction of sp³-hybridized carbons (Fsp3) is 0.500. The van der Waals surface area contributed by atoms with Gasteiger partial charge in [-0.2, -0.15) is 5.10 Å². The smallest absolute Gasteiger partial charge is 0.248 e. The molecule has 140 valence electrons. The van der Waals surface area contributed by atoms with E-state index in [1.807, 2.05) is 35.6 Å². The predicted octanol–water partition coefficient (Wildman–Crippen LogP) is 3.34. The summed E-state index contributed by atoms with van der Waals surface area (Å²) in [5.74, 6) is 0.0517. The molecule has 0 radical (unpaired) electrons. The minimum absolute atomic E-state index is 0.0390. The number of nitrogens with one attached hydrogen (secondary N) is 2. The van der Waals surface area contributed by atoms with Crippen LogP contribution >= 0.6 is 11.8 Å². The third kappa shape index (κ3) is 4.13. The van der Waals surface area contributed by atoms with Gasteiger partial charge in [0.2, 0.25) is 5.91 Å². The second-order valence-electron chi connectivity index (χ2n) is 7.16. The van der Waals surface area contributed by atoms with Crippen molar-refractivity contribution in [2.45, 2.75) is 55.3 Å². The maximum absolute atomic E-state index is 13.2. The van der Waals surface area contributed by atoms with Crippen LogP contribution < -0.4 is 10.6 Å². The second kappa shape index (κ2) is 8.27. The van der Waals surface area contributed by atoms with Gasteiger partial charge in [-0.1, -0.05) is 26.0 Å². The van der Waals surface area contributed by atoms with Crippen molar-refractivity contribution in [1.82, 2.24) is 20.4 Å². The fourth-order valence-electron chi connectivity index (χ4n) is 3.44. The van der Waals surface area contributed by atoms with Gasteiger partial charge >= 0.3 is 0 Å². The van der Waals surface area contributed by atoms with E-state index in [4.69, 9.17) is 0 Å². The number of aromatic nitrogens is 2. The molecule has 2 N–H and O–H groups in total. The summed E-state index contributed by atoms with van der Waals surface area (Å²) in [7, 11) is 0. The Morgan fingerprint density at radius 2 is 1.92 bits per heavy atom. The molecule has 1 atom stereocenters. The van der Waals surface area contributed by atoms with Gasteiger partial charge in [0.25, 0.3) is 0 Å². The molecule has 0 spiro atoms. The van der Waals surface area contributed by atoms with Gasteiger partial charge in [0.1, 0.15) is 5.54 Å². The molecule has 3 rings (SSSR count). The van der Waals surface area contributed by atoms with Crippen LogP contribution in [0.25, 0.3) is 0 Å². The van der Waals surface area contributed by atoms with E-state index in [2.05, 4.69) is 53.8 Å². The monoisotopic (exact) mass is 372 g/mol. The Morgan fingerprint density at radius 1 is 1.23 bits per heavy atom. The molecule has 0 aliphatic carbocycles. The van der Waals surface area contributed by atoms with E-state index in [9.17, 15) is 4.79 Å². The standard InChI is InChI=1S/C20H28N4OS/c1-15(2)26-18-7-5-17(6-8-18)16(3)23-19(25)20(9-12-21-13-10-20)24-14-4-11-22-24/h4-8,11,14-16,21H,9-10,12-13H2,1-3H3,(H,23,25). The number of piperidine rings is 1. The molecule has 5 nitrogen and oxygen atoms in total. The molecule has 1 saturated heterocycles. The number of benzene rings is 1. The highest BCUT2D eigenvalue weighted by molar-refractivity contribution is 7.99. The Hall–Kier alpha value is -1.79. The molecule has 2 aromatic rings. The first-order chi connectivity index (χ1) is 12.5. The van der Waals surface area contributed by atoms with Gasteiger partial charge in [0, 0.05) is 22.5 Å². The summed E-state index contributed by atoms with van der Waals surface area (Å²) in [5.41, 5.74) is 0.521. The van der Waals surface area contributed by atoms with Crippen LogP contribution in [0.1, 0.15) is 45.2 Å². The highest BCUT2D eigenvalue weighted by Gasteiger charge is 2.42. The zero-order chi connectivity index (χ0) is 18.6. The van der Waals surface area contributed by atoms with Gasteiger partial charge in [-0.3, -0.25) is 9.48 Å². The number of carbonyl (C=O) groups excluding carboxylic acids is 1. The molecule has 1 aliphatic rings. The zero-order valence-corrected chi connectivity index (χ0v) is 16.6. The average Bonchev–Trinajstić information content (AvgIpc) is 3.17. The van der Waals surface area contributed by atoms with Gasteiger partial charge < -0.3 is 10.6 Å². The van der Waals surface area contributed by atoms with Crippen LogP contribution in [0.5, 0.6) is 0 Å². The summed E-state index contributed by atoms with van der Waals surface area (Å²) in [6.45, 7) is 8.07. The largest absolute Gasteiger partial charge is 0.347 e. The average molecular weight is 373 g/mol. The maximum atomic E-state index is 13.2. The van der Waals surface area contributed by atoms with E-state index in [-0.39, 0.29) is 11.9 Å². The van der Waals surface area contributed by atoms with Crippen molar-refractivity contribution in [3.8, 4) is 0 Å². The van der Waals surface area contributed by atoms with Crippen LogP contribution in [0.4, 0.5) is 0 Å². The lowest BCUT2D eigenvalue weighted by Gasteiger charge is -2.37. The van der Waals surface area contributed by atoms with Crippen molar-refractivity contribution < 1.29 is 4.79 Å². The molecule has 1 aromatic heterocycles. The molecule has 26 heavy (non-hydrogen) atoms. The minimum atomic E-state index is -0.601. The number of rotatable bonds is 6. The number of hydrogen-bond donors (Lipinski definition) is 2. The highest BCUT2D eigenvalue weighted by Crippen LogP contribution is 2.29. The van der Waals surface area contributed by atoms with Crippen LogP contribution in [0.3, 0.4) is 0 Å². The van der Waals surface area contributed by atoms with Crippen LogP contribution in [0.15, 0.2) is 47.6 Å². The molecule has 1 aliphatic heterocycles. The van der Waals surface area contributed by atoms with Crippen LogP contribution in [-0.4, -0.2) is 34.0 Å². The van der Waals surface area contributed by atoms with Crippen LogP contribution in [0.2, 0.25) is 0 Å². The normalized spacial score (nSPS) is 17.8. The summed E-state index contributed by atoms with van der Waals surface area (Å²) in [5, 5.41) is 11.5. The fourth-order valence-corrected chi connectivity index (χ4v) is 4.28. The van der Waals surface area contributed by atoms with E-state index >= 15 is 0 Å². The Bertz CT molecular complexity index is 706. The lowest BCUT2D eigenvalue weighted by atomic mass is 9.87. The zero-order valence-electron chi connectivity index (χ0n) is 15.7. The van der Waals surface area contributed by atoms with Crippen molar-refractivity contribution in [1.29, 1.82) is 0 Å². The van der Waals surface area contributed by atoms with E-state index < -0.39 is 5.54 Å². The summed E-state index contributed by atoms with van der Waals surface area (Å²) in [4.78, 5) is 14.5. The molecule has 1 aromatic carbocycles. The van der Waals surface area contributed by atoms with Crippen molar-refractivity contribution in [3.05, 3.63) is 48.3 Å².